The Bertz CT molecular complexity index is 450. The molecule has 1 aromatic carbocycles. The first kappa shape index (κ1) is 16.1. The van der Waals surface area contributed by atoms with E-state index in [0.717, 1.165) is 30.0 Å². The molecule has 4 heteroatoms. The summed E-state index contributed by atoms with van der Waals surface area (Å²) in [6, 6.07) is 6.60. The average molecular weight is 293 g/mol. The normalized spacial score (nSPS) is 15.0. The monoisotopic (exact) mass is 293 g/mol. The van der Waals surface area contributed by atoms with Crippen molar-refractivity contribution >= 4 is 0 Å². The average Bonchev–Trinajstić information content (AvgIpc) is 3.24. The minimum Gasteiger partial charge on any atom is -0.493 e. The molecule has 1 aliphatic rings. The Labute approximate surface area is 127 Å². The quantitative estimate of drug-likeness (QED) is 0.735. The lowest BCUT2D eigenvalue weighted by Gasteiger charge is -2.20. The molecule has 0 amide bonds. The molecule has 21 heavy (non-hydrogen) atoms. The fraction of sp³-hybridized carbons (Fsp3) is 0.647. The van der Waals surface area contributed by atoms with Gasteiger partial charge in [0.25, 0.3) is 0 Å². The second-order valence-corrected chi connectivity index (χ2v) is 6.37. The van der Waals surface area contributed by atoms with Crippen LogP contribution in [0.5, 0.6) is 11.5 Å². The molecule has 0 heterocycles. The second kappa shape index (κ2) is 7.14. The molecule has 0 bridgehead atoms. The third-order valence-electron chi connectivity index (χ3n) is 3.25. The summed E-state index contributed by atoms with van der Waals surface area (Å²) in [5.41, 5.74) is 0.261. The lowest BCUT2D eigenvalue weighted by molar-refractivity contribution is 0.0280. The highest BCUT2D eigenvalue weighted by Crippen LogP contribution is 2.27. The molecule has 1 aromatic rings. The van der Waals surface area contributed by atoms with Crippen molar-refractivity contribution < 1.29 is 14.6 Å². The molecular formula is C17H27NO3. The molecule has 0 radical (unpaired) electrons. The number of aliphatic hydroxyl groups is 1. The molecule has 0 spiro atoms. The molecule has 0 aliphatic heterocycles. The smallest absolute Gasteiger partial charge is 0.127 e. The third kappa shape index (κ3) is 5.94. The van der Waals surface area contributed by atoms with Gasteiger partial charge in [0.15, 0.2) is 0 Å². The van der Waals surface area contributed by atoms with Crippen molar-refractivity contribution in [3.63, 3.8) is 0 Å². The summed E-state index contributed by atoms with van der Waals surface area (Å²) < 4.78 is 11.5. The number of hydrogen-bond donors (Lipinski definition) is 2. The van der Waals surface area contributed by atoms with Gasteiger partial charge < -0.3 is 19.9 Å². The molecule has 1 aliphatic carbocycles. The van der Waals surface area contributed by atoms with Crippen LogP contribution in [-0.4, -0.2) is 30.0 Å². The van der Waals surface area contributed by atoms with E-state index >= 15 is 0 Å². The van der Waals surface area contributed by atoms with E-state index in [4.69, 9.17) is 9.47 Å². The highest BCUT2D eigenvalue weighted by atomic mass is 16.5. The van der Waals surface area contributed by atoms with E-state index in [-0.39, 0.29) is 6.61 Å². The molecule has 118 valence electrons. The Morgan fingerprint density at radius 3 is 2.67 bits per heavy atom. The number of nitrogens with one attached hydrogen (secondary N) is 1. The van der Waals surface area contributed by atoms with Crippen molar-refractivity contribution in [1.29, 1.82) is 0 Å². The van der Waals surface area contributed by atoms with E-state index in [1.165, 1.54) is 12.8 Å². The SMILES string of the molecule is CCCOc1ccc(CNC2CC2)c(OCC(C)(C)O)c1. The molecule has 1 fully saturated rings. The van der Waals surface area contributed by atoms with Gasteiger partial charge in [-0.3, -0.25) is 0 Å². The Balaban J connectivity index is 2.04. The van der Waals surface area contributed by atoms with Gasteiger partial charge in [0, 0.05) is 24.2 Å². The van der Waals surface area contributed by atoms with E-state index in [1.807, 2.05) is 18.2 Å². The van der Waals surface area contributed by atoms with Crippen molar-refractivity contribution in [3.8, 4) is 11.5 Å². The van der Waals surface area contributed by atoms with Crippen LogP contribution in [0, 0.1) is 0 Å². The van der Waals surface area contributed by atoms with Crippen LogP contribution in [0.15, 0.2) is 18.2 Å². The second-order valence-electron chi connectivity index (χ2n) is 6.37. The standard InChI is InChI=1S/C17H27NO3/c1-4-9-20-15-8-5-13(11-18-14-6-7-14)16(10-15)21-12-17(2,3)19/h5,8,10,14,18-19H,4,6-7,9,11-12H2,1-3H3. The van der Waals surface area contributed by atoms with Gasteiger partial charge in [-0.05, 0) is 39.2 Å². The van der Waals surface area contributed by atoms with E-state index in [1.54, 1.807) is 13.8 Å². The molecule has 4 nitrogen and oxygen atoms in total. The van der Waals surface area contributed by atoms with Crippen LogP contribution in [0.25, 0.3) is 0 Å². The van der Waals surface area contributed by atoms with Gasteiger partial charge in [-0.15, -0.1) is 0 Å². The zero-order chi connectivity index (χ0) is 15.3. The maximum atomic E-state index is 9.84. The van der Waals surface area contributed by atoms with Crippen LogP contribution in [0.1, 0.15) is 45.6 Å². The summed E-state index contributed by atoms with van der Waals surface area (Å²) in [6.07, 6.45) is 3.50. The Kier molecular flexibility index (Phi) is 5.48. The van der Waals surface area contributed by atoms with Crippen LogP contribution >= 0.6 is 0 Å². The molecule has 0 unspecified atom stereocenters. The van der Waals surface area contributed by atoms with Gasteiger partial charge in [0.2, 0.25) is 0 Å². The van der Waals surface area contributed by atoms with E-state index in [2.05, 4.69) is 12.2 Å². The molecule has 0 aromatic heterocycles. The van der Waals surface area contributed by atoms with Crippen LogP contribution in [-0.2, 0) is 6.54 Å². The van der Waals surface area contributed by atoms with E-state index in [9.17, 15) is 5.11 Å². The lowest BCUT2D eigenvalue weighted by atomic mass is 10.1. The van der Waals surface area contributed by atoms with E-state index in [0.29, 0.717) is 12.6 Å². The van der Waals surface area contributed by atoms with Crippen LogP contribution in [0.3, 0.4) is 0 Å². The number of ether oxygens (including phenoxy) is 2. The Morgan fingerprint density at radius 2 is 2.05 bits per heavy atom. The van der Waals surface area contributed by atoms with Crippen molar-refractivity contribution in [2.45, 2.75) is 58.2 Å². The van der Waals surface area contributed by atoms with E-state index < -0.39 is 5.60 Å². The fourth-order valence-corrected chi connectivity index (χ4v) is 1.92. The summed E-state index contributed by atoms with van der Waals surface area (Å²) in [4.78, 5) is 0. The minimum atomic E-state index is -0.846. The van der Waals surface area contributed by atoms with Crippen molar-refractivity contribution in [3.05, 3.63) is 23.8 Å². The highest BCUT2D eigenvalue weighted by Gasteiger charge is 2.21. The van der Waals surface area contributed by atoms with Crippen molar-refractivity contribution in [2.75, 3.05) is 13.2 Å². The number of benzene rings is 1. The first-order chi connectivity index (χ1) is 9.98. The summed E-state index contributed by atoms with van der Waals surface area (Å²) in [5.74, 6) is 1.61. The fourth-order valence-electron chi connectivity index (χ4n) is 1.92. The molecule has 2 N–H and O–H groups in total. The molecular weight excluding hydrogens is 266 g/mol. The van der Waals surface area contributed by atoms with Crippen molar-refractivity contribution in [1.82, 2.24) is 5.32 Å². The van der Waals surface area contributed by atoms with Gasteiger partial charge >= 0.3 is 0 Å². The topological polar surface area (TPSA) is 50.7 Å². The number of hydrogen-bond acceptors (Lipinski definition) is 4. The van der Waals surface area contributed by atoms with Crippen LogP contribution in [0.2, 0.25) is 0 Å². The van der Waals surface area contributed by atoms with Gasteiger partial charge in [-0.25, -0.2) is 0 Å². The predicted octanol–water partition coefficient (Wildman–Crippen LogP) is 2.88. The molecule has 1 saturated carbocycles. The molecule has 0 saturated heterocycles. The zero-order valence-electron chi connectivity index (χ0n) is 13.3. The van der Waals surface area contributed by atoms with Gasteiger partial charge in [0.05, 0.1) is 12.2 Å². The molecule has 2 rings (SSSR count). The van der Waals surface area contributed by atoms with Crippen LogP contribution < -0.4 is 14.8 Å². The van der Waals surface area contributed by atoms with Crippen molar-refractivity contribution in [2.24, 2.45) is 0 Å². The predicted molar refractivity (Wildman–Crippen MR) is 83.9 cm³/mol. The first-order valence-corrected chi connectivity index (χ1v) is 7.82. The maximum Gasteiger partial charge on any atom is 0.127 e. The third-order valence-corrected chi connectivity index (χ3v) is 3.25. The first-order valence-electron chi connectivity index (χ1n) is 7.82. The maximum absolute atomic E-state index is 9.84. The van der Waals surface area contributed by atoms with Crippen LogP contribution in [0.4, 0.5) is 0 Å². The van der Waals surface area contributed by atoms with Gasteiger partial charge in [-0.1, -0.05) is 13.0 Å². The Hall–Kier alpha value is -1.26. The lowest BCUT2D eigenvalue weighted by Crippen LogP contribution is -2.28. The zero-order valence-corrected chi connectivity index (χ0v) is 13.3. The van der Waals surface area contributed by atoms with Gasteiger partial charge in [0.1, 0.15) is 18.1 Å². The minimum absolute atomic E-state index is 0.265. The highest BCUT2D eigenvalue weighted by molar-refractivity contribution is 5.41. The summed E-state index contributed by atoms with van der Waals surface area (Å²) in [6.45, 7) is 7.32. The Morgan fingerprint density at radius 1 is 1.29 bits per heavy atom. The molecule has 0 atom stereocenters. The largest absolute Gasteiger partial charge is 0.493 e. The summed E-state index contributed by atoms with van der Waals surface area (Å²) in [5, 5.41) is 13.3. The number of rotatable bonds is 9. The summed E-state index contributed by atoms with van der Waals surface area (Å²) >= 11 is 0. The summed E-state index contributed by atoms with van der Waals surface area (Å²) in [7, 11) is 0. The van der Waals surface area contributed by atoms with Gasteiger partial charge in [-0.2, -0.15) is 0 Å².